The Balaban J connectivity index is 2.20. The molecular weight excluding hydrogens is 242 g/mol. The normalized spacial score (nSPS) is 24.1. The number of anilines is 2. The number of rotatable bonds is 3. The molecule has 0 amide bonds. The van der Waals surface area contributed by atoms with Crippen molar-refractivity contribution in [3.8, 4) is 0 Å². The fraction of sp³-hybridized carbons (Fsp3) is 0.400. The van der Waals surface area contributed by atoms with Gasteiger partial charge in [-0.2, -0.15) is 0 Å². The lowest BCUT2D eigenvalue weighted by molar-refractivity contribution is 0.0836. The number of hydrogen-bond donors (Lipinski definition) is 4. The first-order chi connectivity index (χ1) is 7.84. The molecule has 6 N–H and O–H groups in total. The van der Waals surface area contributed by atoms with Crippen molar-refractivity contribution in [3.63, 3.8) is 0 Å². The molecule has 0 aliphatic heterocycles. The minimum Gasteiger partial charge on any atom is -0.399 e. The molecule has 17 heavy (non-hydrogen) atoms. The summed E-state index contributed by atoms with van der Waals surface area (Å²) in [5, 5.41) is 17.3. The van der Waals surface area contributed by atoms with Crippen LogP contribution >= 0.6 is 0 Å². The van der Waals surface area contributed by atoms with Gasteiger partial charge in [-0.3, -0.25) is 0 Å². The summed E-state index contributed by atoms with van der Waals surface area (Å²) in [4.78, 5) is -0.0140. The Morgan fingerprint density at radius 2 is 1.94 bits per heavy atom. The standard InChI is InChI=1S/C10H15N3O3S/c11-6-1-7(13-8-3-9(14)4-8)5-10(2-6)17(12,15)16/h1-2,5,8-9,13-14H,3-4,11H2,(H2,12,15,16). The van der Waals surface area contributed by atoms with Crippen LogP contribution in [0.5, 0.6) is 0 Å². The zero-order chi connectivity index (χ0) is 12.6. The van der Waals surface area contributed by atoms with Gasteiger partial charge in [-0.15, -0.1) is 0 Å². The first kappa shape index (κ1) is 12.2. The van der Waals surface area contributed by atoms with Crippen LogP contribution in [0.2, 0.25) is 0 Å². The van der Waals surface area contributed by atoms with Crippen LogP contribution in [0.1, 0.15) is 12.8 Å². The number of primary sulfonamides is 1. The lowest BCUT2D eigenvalue weighted by atomic mass is 9.89. The number of hydrogen-bond acceptors (Lipinski definition) is 5. The molecule has 1 aromatic carbocycles. The van der Waals surface area contributed by atoms with E-state index in [1.807, 2.05) is 0 Å². The summed E-state index contributed by atoms with van der Waals surface area (Å²) in [6.07, 6.45) is 1.03. The number of sulfonamides is 1. The van der Waals surface area contributed by atoms with E-state index in [0.717, 1.165) is 0 Å². The first-order valence-corrected chi connectivity index (χ1v) is 6.77. The minimum atomic E-state index is -3.75. The molecule has 0 spiro atoms. The molecule has 6 nitrogen and oxygen atoms in total. The Kier molecular flexibility index (Phi) is 2.98. The number of aliphatic hydroxyl groups is 1. The van der Waals surface area contributed by atoms with Gasteiger partial charge in [-0.1, -0.05) is 0 Å². The van der Waals surface area contributed by atoms with Crippen LogP contribution in [0, 0.1) is 0 Å². The smallest absolute Gasteiger partial charge is 0.238 e. The van der Waals surface area contributed by atoms with Crippen molar-refractivity contribution in [2.75, 3.05) is 11.1 Å². The zero-order valence-corrected chi connectivity index (χ0v) is 9.94. The summed E-state index contributed by atoms with van der Waals surface area (Å²) in [7, 11) is -3.75. The van der Waals surface area contributed by atoms with Gasteiger partial charge >= 0.3 is 0 Å². The van der Waals surface area contributed by atoms with Crippen LogP contribution < -0.4 is 16.2 Å². The predicted octanol–water partition coefficient (Wildman–Crippen LogP) is -0.149. The van der Waals surface area contributed by atoms with Gasteiger partial charge in [-0.05, 0) is 31.0 Å². The maximum absolute atomic E-state index is 11.2. The highest BCUT2D eigenvalue weighted by Gasteiger charge is 2.27. The largest absolute Gasteiger partial charge is 0.399 e. The van der Waals surface area contributed by atoms with Gasteiger partial charge in [0.25, 0.3) is 0 Å². The molecule has 0 bridgehead atoms. The van der Waals surface area contributed by atoms with E-state index < -0.39 is 10.0 Å². The van der Waals surface area contributed by atoms with Gasteiger partial charge in [0.2, 0.25) is 10.0 Å². The second-order valence-corrected chi connectivity index (χ2v) is 5.86. The Morgan fingerprint density at radius 3 is 2.47 bits per heavy atom. The van der Waals surface area contributed by atoms with Gasteiger partial charge in [0.15, 0.2) is 0 Å². The molecule has 94 valence electrons. The topological polar surface area (TPSA) is 118 Å². The zero-order valence-electron chi connectivity index (χ0n) is 9.13. The lowest BCUT2D eigenvalue weighted by Gasteiger charge is -2.32. The Hall–Kier alpha value is -1.31. The summed E-state index contributed by atoms with van der Waals surface area (Å²) < 4.78 is 22.4. The van der Waals surface area contributed by atoms with E-state index in [1.165, 1.54) is 12.1 Å². The lowest BCUT2D eigenvalue weighted by Crippen LogP contribution is -2.39. The van der Waals surface area contributed by atoms with Crippen LogP contribution in [-0.4, -0.2) is 25.7 Å². The van der Waals surface area contributed by atoms with Crippen LogP contribution in [0.3, 0.4) is 0 Å². The highest BCUT2D eigenvalue weighted by atomic mass is 32.2. The average Bonchev–Trinajstić information content (AvgIpc) is 2.13. The van der Waals surface area contributed by atoms with Crippen molar-refractivity contribution in [2.24, 2.45) is 5.14 Å². The van der Waals surface area contributed by atoms with E-state index in [4.69, 9.17) is 16.0 Å². The Bertz CT molecular complexity index is 524. The van der Waals surface area contributed by atoms with Crippen LogP contribution in [-0.2, 0) is 10.0 Å². The quantitative estimate of drug-likeness (QED) is 0.562. The highest BCUT2D eigenvalue weighted by Crippen LogP contribution is 2.26. The maximum Gasteiger partial charge on any atom is 0.238 e. The van der Waals surface area contributed by atoms with Gasteiger partial charge < -0.3 is 16.2 Å². The second kappa shape index (κ2) is 4.17. The van der Waals surface area contributed by atoms with Gasteiger partial charge in [0, 0.05) is 17.4 Å². The molecule has 0 heterocycles. The summed E-state index contributed by atoms with van der Waals surface area (Å²) in [6, 6.07) is 4.55. The molecule has 0 radical (unpaired) electrons. The number of nitrogens with two attached hydrogens (primary N) is 2. The molecular formula is C10H15N3O3S. The molecule has 0 saturated heterocycles. The third kappa shape index (κ3) is 2.87. The van der Waals surface area contributed by atoms with Gasteiger partial charge in [0.1, 0.15) is 0 Å². The molecule has 1 aliphatic carbocycles. The summed E-state index contributed by atoms with van der Waals surface area (Å²) in [6.45, 7) is 0. The van der Waals surface area contributed by atoms with Crippen LogP contribution in [0.25, 0.3) is 0 Å². The minimum absolute atomic E-state index is 0.0140. The van der Waals surface area contributed by atoms with Crippen molar-refractivity contribution >= 4 is 21.4 Å². The monoisotopic (exact) mass is 257 g/mol. The van der Waals surface area contributed by atoms with Gasteiger partial charge in [0.05, 0.1) is 11.0 Å². The number of aliphatic hydroxyl groups excluding tert-OH is 1. The molecule has 2 rings (SSSR count). The maximum atomic E-state index is 11.2. The number of nitrogen functional groups attached to an aromatic ring is 1. The van der Waals surface area contributed by atoms with Crippen molar-refractivity contribution in [3.05, 3.63) is 18.2 Å². The third-order valence-electron chi connectivity index (χ3n) is 2.74. The summed E-state index contributed by atoms with van der Waals surface area (Å²) >= 11 is 0. The molecule has 7 heteroatoms. The van der Waals surface area contributed by atoms with E-state index in [9.17, 15) is 8.42 Å². The van der Waals surface area contributed by atoms with E-state index in [-0.39, 0.29) is 17.0 Å². The Labute approximate surface area is 99.7 Å². The molecule has 0 aromatic heterocycles. The van der Waals surface area contributed by atoms with E-state index in [0.29, 0.717) is 24.2 Å². The fourth-order valence-electron chi connectivity index (χ4n) is 1.81. The SMILES string of the molecule is Nc1cc(NC2CC(O)C2)cc(S(N)(=O)=O)c1. The predicted molar refractivity (Wildman–Crippen MR) is 64.9 cm³/mol. The average molecular weight is 257 g/mol. The summed E-state index contributed by atoms with van der Waals surface area (Å²) in [5.41, 5.74) is 6.54. The molecule has 0 atom stereocenters. The van der Waals surface area contributed by atoms with E-state index >= 15 is 0 Å². The molecule has 1 fully saturated rings. The Morgan fingerprint density at radius 1 is 1.29 bits per heavy atom. The number of nitrogens with one attached hydrogen (secondary N) is 1. The first-order valence-electron chi connectivity index (χ1n) is 5.22. The van der Waals surface area contributed by atoms with Crippen molar-refractivity contribution < 1.29 is 13.5 Å². The molecule has 1 saturated carbocycles. The molecule has 1 aromatic rings. The van der Waals surface area contributed by atoms with Crippen molar-refractivity contribution in [1.82, 2.24) is 0 Å². The fourth-order valence-corrected chi connectivity index (χ4v) is 2.40. The second-order valence-electron chi connectivity index (χ2n) is 4.30. The molecule has 0 unspecified atom stereocenters. The van der Waals surface area contributed by atoms with E-state index in [1.54, 1.807) is 6.07 Å². The van der Waals surface area contributed by atoms with Gasteiger partial charge in [-0.25, -0.2) is 13.6 Å². The van der Waals surface area contributed by atoms with Crippen molar-refractivity contribution in [1.29, 1.82) is 0 Å². The van der Waals surface area contributed by atoms with E-state index in [2.05, 4.69) is 5.32 Å². The van der Waals surface area contributed by atoms with Crippen molar-refractivity contribution in [2.45, 2.75) is 29.9 Å². The van der Waals surface area contributed by atoms with Crippen LogP contribution in [0.15, 0.2) is 23.1 Å². The third-order valence-corrected chi connectivity index (χ3v) is 3.63. The molecule has 1 aliphatic rings. The highest BCUT2D eigenvalue weighted by molar-refractivity contribution is 7.89. The summed E-state index contributed by atoms with van der Waals surface area (Å²) in [5.74, 6) is 0. The van der Waals surface area contributed by atoms with Crippen LogP contribution in [0.4, 0.5) is 11.4 Å². The number of benzene rings is 1.